The van der Waals surface area contributed by atoms with E-state index in [1.165, 1.54) is 24.8 Å². The van der Waals surface area contributed by atoms with Gasteiger partial charge < -0.3 is 15.5 Å². The number of pyridine rings is 1. The van der Waals surface area contributed by atoms with Crippen LogP contribution in [0.3, 0.4) is 0 Å². The van der Waals surface area contributed by atoms with Gasteiger partial charge in [-0.25, -0.2) is 4.98 Å². The molecule has 1 fully saturated rings. The van der Waals surface area contributed by atoms with Crippen LogP contribution in [-0.4, -0.2) is 37.1 Å². The van der Waals surface area contributed by atoms with Crippen LogP contribution < -0.4 is 15.5 Å². The van der Waals surface area contributed by atoms with Gasteiger partial charge in [-0.3, -0.25) is 4.99 Å². The van der Waals surface area contributed by atoms with Crippen LogP contribution in [-0.2, 0) is 6.54 Å². The van der Waals surface area contributed by atoms with Gasteiger partial charge in [0, 0.05) is 38.9 Å². The number of hydrogen-bond donors (Lipinski definition) is 2. The first-order valence-corrected chi connectivity index (χ1v) is 8.77. The summed E-state index contributed by atoms with van der Waals surface area (Å²) in [6.07, 6.45) is 5.79. The first kappa shape index (κ1) is 17.6. The first-order chi connectivity index (χ1) is 11.1. The quantitative estimate of drug-likeness (QED) is 0.648. The number of guanidine groups is 1. The smallest absolute Gasteiger partial charge is 0.191 e. The Hall–Kier alpha value is -1.78. The fraction of sp³-hybridized carbons (Fsp3) is 0.667. The maximum absolute atomic E-state index is 4.53. The molecule has 5 nitrogen and oxygen atoms in total. The third-order valence-electron chi connectivity index (χ3n) is 4.54. The highest BCUT2D eigenvalue weighted by Crippen LogP contribution is 2.18. The number of nitrogens with one attached hydrogen (secondary N) is 2. The molecule has 0 bridgehead atoms. The summed E-state index contributed by atoms with van der Waals surface area (Å²) in [5.74, 6) is 2.52. The van der Waals surface area contributed by atoms with Crippen LogP contribution in [0.15, 0.2) is 23.3 Å². The minimum Gasteiger partial charge on any atom is -0.357 e. The van der Waals surface area contributed by atoms with Gasteiger partial charge in [-0.05, 0) is 49.8 Å². The Morgan fingerprint density at radius 1 is 1.26 bits per heavy atom. The Bertz CT molecular complexity index is 506. The second-order valence-electron chi connectivity index (χ2n) is 6.67. The van der Waals surface area contributed by atoms with Crippen LogP contribution in [0.5, 0.6) is 0 Å². The molecule has 2 N–H and O–H groups in total. The van der Waals surface area contributed by atoms with E-state index in [-0.39, 0.29) is 0 Å². The van der Waals surface area contributed by atoms with Crippen molar-refractivity contribution in [3.8, 4) is 0 Å². The molecule has 2 rings (SSSR count). The lowest BCUT2D eigenvalue weighted by Crippen LogP contribution is -2.43. The molecule has 23 heavy (non-hydrogen) atoms. The molecule has 1 aliphatic heterocycles. The van der Waals surface area contributed by atoms with Crippen molar-refractivity contribution >= 4 is 11.8 Å². The average molecular weight is 317 g/mol. The standard InChI is InChI=1S/C18H31N5/c1-14(2)15(3)22-18(19-4)21-13-16-8-9-20-17(12-16)23-10-6-5-7-11-23/h8-9,12,14-15H,5-7,10-11,13H2,1-4H3,(H2,19,21,22). The molecule has 0 spiro atoms. The summed E-state index contributed by atoms with van der Waals surface area (Å²) < 4.78 is 0. The van der Waals surface area contributed by atoms with Crippen LogP contribution in [0.25, 0.3) is 0 Å². The Balaban J connectivity index is 1.92. The van der Waals surface area contributed by atoms with Crippen LogP contribution in [0, 0.1) is 5.92 Å². The predicted octanol–water partition coefficient (Wildman–Crippen LogP) is 2.78. The lowest BCUT2D eigenvalue weighted by atomic mass is 10.1. The molecular formula is C18H31N5. The second-order valence-corrected chi connectivity index (χ2v) is 6.67. The van der Waals surface area contributed by atoms with Crippen LogP contribution >= 0.6 is 0 Å². The molecule has 0 saturated carbocycles. The molecule has 0 aliphatic carbocycles. The van der Waals surface area contributed by atoms with E-state index in [0.29, 0.717) is 12.0 Å². The zero-order valence-corrected chi connectivity index (χ0v) is 15.0. The number of rotatable bonds is 5. The minimum atomic E-state index is 0.391. The minimum absolute atomic E-state index is 0.391. The summed E-state index contributed by atoms with van der Waals surface area (Å²) in [5.41, 5.74) is 1.24. The third kappa shape index (κ3) is 5.41. The molecule has 1 aliphatic rings. The van der Waals surface area contributed by atoms with Crippen molar-refractivity contribution in [3.05, 3.63) is 23.9 Å². The van der Waals surface area contributed by atoms with E-state index in [4.69, 9.17) is 0 Å². The van der Waals surface area contributed by atoms with Gasteiger partial charge in [0.1, 0.15) is 5.82 Å². The fourth-order valence-corrected chi connectivity index (χ4v) is 2.63. The van der Waals surface area contributed by atoms with Crippen LogP contribution in [0.2, 0.25) is 0 Å². The molecular weight excluding hydrogens is 286 g/mol. The van der Waals surface area contributed by atoms with E-state index in [0.717, 1.165) is 31.4 Å². The molecule has 0 amide bonds. The topological polar surface area (TPSA) is 52.6 Å². The molecule has 1 unspecified atom stereocenters. The molecule has 1 aromatic rings. The van der Waals surface area contributed by atoms with Gasteiger partial charge in [-0.1, -0.05) is 13.8 Å². The molecule has 0 aromatic carbocycles. The molecule has 1 aromatic heterocycles. The molecule has 1 saturated heterocycles. The Kier molecular flexibility index (Phi) is 6.68. The van der Waals surface area contributed by atoms with Crippen molar-refractivity contribution in [2.75, 3.05) is 25.0 Å². The Morgan fingerprint density at radius 3 is 2.65 bits per heavy atom. The molecule has 1 atom stereocenters. The molecule has 2 heterocycles. The number of aliphatic imine (C=N–C) groups is 1. The summed E-state index contributed by atoms with van der Waals surface area (Å²) >= 11 is 0. The fourth-order valence-electron chi connectivity index (χ4n) is 2.63. The van der Waals surface area contributed by atoms with Crippen molar-refractivity contribution in [2.45, 2.75) is 52.6 Å². The highest BCUT2D eigenvalue weighted by Gasteiger charge is 2.13. The normalized spacial score (nSPS) is 17.3. The number of nitrogens with zero attached hydrogens (tertiary/aromatic N) is 3. The zero-order valence-electron chi connectivity index (χ0n) is 15.0. The highest BCUT2D eigenvalue weighted by atomic mass is 15.2. The summed E-state index contributed by atoms with van der Waals surface area (Å²) in [6.45, 7) is 9.60. The number of aromatic nitrogens is 1. The van der Waals surface area contributed by atoms with Crippen molar-refractivity contribution in [2.24, 2.45) is 10.9 Å². The van der Waals surface area contributed by atoms with Gasteiger partial charge in [0.15, 0.2) is 5.96 Å². The monoisotopic (exact) mass is 317 g/mol. The summed E-state index contributed by atoms with van der Waals surface area (Å²) in [4.78, 5) is 11.2. The van der Waals surface area contributed by atoms with Crippen molar-refractivity contribution in [1.82, 2.24) is 15.6 Å². The highest BCUT2D eigenvalue weighted by molar-refractivity contribution is 5.79. The Labute approximate surface area is 140 Å². The van der Waals surface area contributed by atoms with Gasteiger partial charge in [0.25, 0.3) is 0 Å². The molecule has 5 heteroatoms. The molecule has 0 radical (unpaired) electrons. The second kappa shape index (κ2) is 8.75. The lowest BCUT2D eigenvalue weighted by Gasteiger charge is -2.28. The number of piperidine rings is 1. The predicted molar refractivity (Wildman–Crippen MR) is 97.9 cm³/mol. The van der Waals surface area contributed by atoms with E-state index >= 15 is 0 Å². The van der Waals surface area contributed by atoms with Gasteiger partial charge in [-0.2, -0.15) is 0 Å². The number of anilines is 1. The summed E-state index contributed by atoms with van der Waals surface area (Å²) in [7, 11) is 1.81. The average Bonchev–Trinajstić information content (AvgIpc) is 2.59. The van der Waals surface area contributed by atoms with E-state index in [9.17, 15) is 0 Å². The number of hydrogen-bond acceptors (Lipinski definition) is 3. The van der Waals surface area contributed by atoms with Gasteiger partial charge in [-0.15, -0.1) is 0 Å². The molecule has 128 valence electrons. The van der Waals surface area contributed by atoms with Crippen molar-refractivity contribution in [1.29, 1.82) is 0 Å². The van der Waals surface area contributed by atoms with E-state index in [1.54, 1.807) is 0 Å². The van der Waals surface area contributed by atoms with Crippen LogP contribution in [0.4, 0.5) is 5.82 Å². The summed E-state index contributed by atoms with van der Waals surface area (Å²) in [5, 5.41) is 6.82. The maximum atomic E-state index is 4.53. The first-order valence-electron chi connectivity index (χ1n) is 8.77. The van der Waals surface area contributed by atoms with Crippen molar-refractivity contribution in [3.63, 3.8) is 0 Å². The van der Waals surface area contributed by atoms with E-state index in [2.05, 4.69) is 58.4 Å². The SMILES string of the molecule is CN=C(NCc1ccnc(N2CCCCC2)c1)NC(C)C(C)C. The summed E-state index contributed by atoms with van der Waals surface area (Å²) in [6, 6.07) is 4.65. The largest absolute Gasteiger partial charge is 0.357 e. The van der Waals surface area contributed by atoms with Crippen LogP contribution in [0.1, 0.15) is 45.6 Å². The van der Waals surface area contributed by atoms with Gasteiger partial charge >= 0.3 is 0 Å². The maximum Gasteiger partial charge on any atom is 0.191 e. The zero-order chi connectivity index (χ0) is 16.7. The van der Waals surface area contributed by atoms with Gasteiger partial charge in [0.05, 0.1) is 0 Å². The Morgan fingerprint density at radius 2 is 2.00 bits per heavy atom. The van der Waals surface area contributed by atoms with Gasteiger partial charge in [0.2, 0.25) is 0 Å². The third-order valence-corrected chi connectivity index (χ3v) is 4.54. The lowest BCUT2D eigenvalue weighted by molar-refractivity contribution is 0.481. The van der Waals surface area contributed by atoms with E-state index in [1.807, 2.05) is 13.2 Å². The van der Waals surface area contributed by atoms with Crippen molar-refractivity contribution < 1.29 is 0 Å². The van der Waals surface area contributed by atoms with E-state index < -0.39 is 0 Å².